The zero-order valence-corrected chi connectivity index (χ0v) is 13.4. The van der Waals surface area contributed by atoms with Gasteiger partial charge in [0.1, 0.15) is 5.75 Å². The quantitative estimate of drug-likeness (QED) is 0.901. The van der Waals surface area contributed by atoms with Gasteiger partial charge in [0.25, 0.3) is 0 Å². The molecular formula is C17H27N3O. The monoisotopic (exact) mass is 289 g/mol. The number of hydrogen-bond donors (Lipinski definition) is 1. The summed E-state index contributed by atoms with van der Waals surface area (Å²) < 4.78 is 5.54. The fraction of sp³-hybridized carbons (Fsp3) is 0.647. The number of benzene rings is 1. The lowest BCUT2D eigenvalue weighted by Crippen LogP contribution is -2.33. The van der Waals surface area contributed by atoms with E-state index in [4.69, 9.17) is 4.74 Å². The summed E-state index contributed by atoms with van der Waals surface area (Å²) in [5, 5.41) is 3.76. The Morgan fingerprint density at radius 2 is 2.14 bits per heavy atom. The molecule has 3 rings (SSSR count). The Hall–Kier alpha value is -1.26. The van der Waals surface area contributed by atoms with Crippen molar-refractivity contribution in [3.63, 3.8) is 0 Å². The molecule has 2 saturated heterocycles. The van der Waals surface area contributed by atoms with Crippen LogP contribution in [0.2, 0.25) is 0 Å². The topological polar surface area (TPSA) is 27.7 Å². The van der Waals surface area contributed by atoms with Crippen LogP contribution in [0.25, 0.3) is 0 Å². The molecule has 21 heavy (non-hydrogen) atoms. The number of fused-ring (bicyclic) bond motifs is 1. The van der Waals surface area contributed by atoms with Crippen molar-refractivity contribution < 1.29 is 4.74 Å². The SMILES string of the molecule is COc1ccc(CN(C)C)cc1NC1CCN2CCCC12. The van der Waals surface area contributed by atoms with Crippen LogP contribution in [0.5, 0.6) is 5.75 Å². The number of nitrogens with zero attached hydrogens (tertiary/aromatic N) is 2. The van der Waals surface area contributed by atoms with Gasteiger partial charge in [0.2, 0.25) is 0 Å². The summed E-state index contributed by atoms with van der Waals surface area (Å²) in [4.78, 5) is 4.83. The molecule has 0 radical (unpaired) electrons. The number of rotatable bonds is 5. The summed E-state index contributed by atoms with van der Waals surface area (Å²) in [6.45, 7) is 3.47. The molecule has 1 aromatic carbocycles. The van der Waals surface area contributed by atoms with E-state index in [1.165, 1.54) is 37.9 Å². The molecule has 2 heterocycles. The van der Waals surface area contributed by atoms with Gasteiger partial charge in [-0.15, -0.1) is 0 Å². The molecule has 4 nitrogen and oxygen atoms in total. The standard InChI is InChI=1S/C17H27N3O/c1-19(2)12-13-6-7-17(21-3)15(11-13)18-14-8-10-20-9-4-5-16(14)20/h6-7,11,14,16,18H,4-5,8-10,12H2,1-3H3. The van der Waals surface area contributed by atoms with Gasteiger partial charge in [-0.3, -0.25) is 4.90 Å². The Morgan fingerprint density at radius 3 is 2.90 bits per heavy atom. The first kappa shape index (κ1) is 14.7. The predicted octanol–water partition coefficient (Wildman–Crippen LogP) is 2.41. The van der Waals surface area contributed by atoms with Crippen molar-refractivity contribution in [2.45, 2.75) is 37.9 Å². The van der Waals surface area contributed by atoms with Crippen molar-refractivity contribution in [2.24, 2.45) is 0 Å². The number of anilines is 1. The molecule has 1 N–H and O–H groups in total. The van der Waals surface area contributed by atoms with Crippen LogP contribution >= 0.6 is 0 Å². The zero-order valence-electron chi connectivity index (χ0n) is 13.4. The van der Waals surface area contributed by atoms with E-state index in [1.54, 1.807) is 7.11 Å². The lowest BCUT2D eigenvalue weighted by Gasteiger charge is -2.24. The molecule has 0 aromatic heterocycles. The smallest absolute Gasteiger partial charge is 0.141 e. The molecule has 0 saturated carbocycles. The number of ether oxygens (including phenoxy) is 1. The van der Waals surface area contributed by atoms with E-state index < -0.39 is 0 Å². The van der Waals surface area contributed by atoms with Gasteiger partial charge in [0, 0.05) is 25.2 Å². The van der Waals surface area contributed by atoms with Crippen LogP contribution in [0, 0.1) is 0 Å². The molecule has 116 valence electrons. The molecule has 2 unspecified atom stereocenters. The third-order valence-corrected chi connectivity index (χ3v) is 4.71. The van der Waals surface area contributed by atoms with E-state index in [2.05, 4.69) is 47.4 Å². The molecule has 0 bridgehead atoms. The highest BCUT2D eigenvalue weighted by Crippen LogP contribution is 2.33. The molecule has 1 aromatic rings. The van der Waals surface area contributed by atoms with E-state index in [9.17, 15) is 0 Å². The summed E-state index contributed by atoms with van der Waals surface area (Å²) >= 11 is 0. The normalized spacial score (nSPS) is 25.3. The lowest BCUT2D eigenvalue weighted by atomic mass is 10.1. The van der Waals surface area contributed by atoms with Crippen LogP contribution in [-0.4, -0.2) is 56.2 Å². The molecule has 0 spiro atoms. The Bertz CT molecular complexity index is 489. The summed E-state index contributed by atoms with van der Waals surface area (Å²) in [7, 11) is 5.96. The van der Waals surface area contributed by atoms with Crippen molar-refractivity contribution in [3.05, 3.63) is 23.8 Å². The lowest BCUT2D eigenvalue weighted by molar-refractivity contribution is 0.318. The fourth-order valence-corrected chi connectivity index (χ4v) is 3.78. The van der Waals surface area contributed by atoms with Crippen molar-refractivity contribution in [1.82, 2.24) is 9.80 Å². The first-order valence-electron chi connectivity index (χ1n) is 7.99. The summed E-state index contributed by atoms with van der Waals surface area (Å²) in [5.74, 6) is 0.953. The fourth-order valence-electron chi connectivity index (χ4n) is 3.78. The van der Waals surface area contributed by atoms with E-state index in [0.29, 0.717) is 12.1 Å². The number of methoxy groups -OCH3 is 1. The van der Waals surface area contributed by atoms with Gasteiger partial charge in [-0.2, -0.15) is 0 Å². The third-order valence-electron chi connectivity index (χ3n) is 4.71. The predicted molar refractivity (Wildman–Crippen MR) is 87.0 cm³/mol. The van der Waals surface area contributed by atoms with Crippen LogP contribution in [0.1, 0.15) is 24.8 Å². The molecular weight excluding hydrogens is 262 g/mol. The van der Waals surface area contributed by atoms with E-state index in [0.717, 1.165) is 18.0 Å². The molecule has 4 heteroatoms. The van der Waals surface area contributed by atoms with E-state index >= 15 is 0 Å². The summed E-state index contributed by atoms with van der Waals surface area (Å²) in [6.07, 6.45) is 3.92. The highest BCUT2D eigenvalue weighted by molar-refractivity contribution is 5.59. The van der Waals surface area contributed by atoms with E-state index in [1.807, 2.05) is 0 Å². The maximum atomic E-state index is 5.54. The van der Waals surface area contributed by atoms with Gasteiger partial charge < -0.3 is 15.0 Å². The largest absolute Gasteiger partial charge is 0.495 e. The second-order valence-electron chi connectivity index (χ2n) is 6.56. The molecule has 2 aliphatic rings. The van der Waals surface area contributed by atoms with E-state index in [-0.39, 0.29) is 0 Å². The van der Waals surface area contributed by atoms with Crippen molar-refractivity contribution in [3.8, 4) is 5.75 Å². The number of hydrogen-bond acceptors (Lipinski definition) is 4. The third kappa shape index (κ3) is 3.16. The van der Waals surface area contributed by atoms with Crippen molar-refractivity contribution in [1.29, 1.82) is 0 Å². The average molecular weight is 289 g/mol. The summed E-state index contributed by atoms with van der Waals surface area (Å²) in [5.41, 5.74) is 2.47. The molecule has 2 fully saturated rings. The Balaban J connectivity index is 1.76. The molecule has 2 atom stereocenters. The van der Waals surface area contributed by atoms with Crippen LogP contribution < -0.4 is 10.1 Å². The Labute approximate surface area is 128 Å². The minimum Gasteiger partial charge on any atom is -0.495 e. The Morgan fingerprint density at radius 1 is 1.29 bits per heavy atom. The van der Waals surface area contributed by atoms with Gasteiger partial charge in [0.15, 0.2) is 0 Å². The Kier molecular flexibility index (Phi) is 4.36. The van der Waals surface area contributed by atoms with Gasteiger partial charge in [0.05, 0.1) is 12.8 Å². The van der Waals surface area contributed by atoms with Crippen molar-refractivity contribution in [2.75, 3.05) is 39.6 Å². The molecule has 2 aliphatic heterocycles. The van der Waals surface area contributed by atoms with Crippen LogP contribution in [0.4, 0.5) is 5.69 Å². The minimum atomic E-state index is 0.566. The maximum Gasteiger partial charge on any atom is 0.141 e. The zero-order chi connectivity index (χ0) is 14.8. The van der Waals surface area contributed by atoms with Crippen LogP contribution in [-0.2, 0) is 6.54 Å². The molecule has 0 amide bonds. The minimum absolute atomic E-state index is 0.566. The van der Waals surface area contributed by atoms with Gasteiger partial charge >= 0.3 is 0 Å². The average Bonchev–Trinajstić information content (AvgIpc) is 3.03. The van der Waals surface area contributed by atoms with Crippen molar-refractivity contribution >= 4 is 5.69 Å². The first-order valence-corrected chi connectivity index (χ1v) is 7.99. The first-order chi connectivity index (χ1) is 10.2. The highest BCUT2D eigenvalue weighted by Gasteiger charge is 2.37. The second kappa shape index (κ2) is 6.24. The van der Waals surface area contributed by atoms with Gasteiger partial charge in [-0.25, -0.2) is 0 Å². The number of nitrogens with one attached hydrogen (secondary N) is 1. The molecule has 0 aliphatic carbocycles. The maximum absolute atomic E-state index is 5.54. The van der Waals surface area contributed by atoms with Gasteiger partial charge in [-0.1, -0.05) is 6.07 Å². The second-order valence-corrected chi connectivity index (χ2v) is 6.56. The van der Waals surface area contributed by atoms with Gasteiger partial charge in [-0.05, 0) is 57.6 Å². The summed E-state index contributed by atoms with van der Waals surface area (Å²) in [6, 6.07) is 7.77. The highest BCUT2D eigenvalue weighted by atomic mass is 16.5. The van der Waals surface area contributed by atoms with Crippen LogP contribution in [0.3, 0.4) is 0 Å². The van der Waals surface area contributed by atoms with Crippen LogP contribution in [0.15, 0.2) is 18.2 Å².